The van der Waals surface area contributed by atoms with Crippen LogP contribution in [0.15, 0.2) is 97.7 Å². The van der Waals surface area contributed by atoms with Gasteiger partial charge in [-0.1, -0.05) is 60.7 Å². The van der Waals surface area contributed by atoms with Crippen LogP contribution in [0.5, 0.6) is 0 Å². The van der Waals surface area contributed by atoms with Crippen molar-refractivity contribution >= 4 is 23.5 Å². The summed E-state index contributed by atoms with van der Waals surface area (Å²) in [7, 11) is 0. The molecule has 4 aromatic rings. The largest absolute Gasteiger partial charge is 0.389 e. The molecule has 0 saturated heterocycles. The van der Waals surface area contributed by atoms with E-state index in [1.165, 1.54) is 24.5 Å². The molecule has 4 rings (SSSR count). The second kappa shape index (κ2) is 9.66. The Bertz CT molecular complexity index is 1280. The van der Waals surface area contributed by atoms with Crippen LogP contribution >= 0.6 is 0 Å². The Kier molecular flexibility index (Phi) is 6.31. The highest BCUT2D eigenvalue weighted by atomic mass is 16.7. The molecule has 8 heteroatoms. The first-order chi connectivity index (χ1) is 16.4. The lowest BCUT2D eigenvalue weighted by Crippen LogP contribution is -2.10. The Morgan fingerprint density at radius 1 is 0.588 bits per heavy atom. The van der Waals surface area contributed by atoms with Gasteiger partial charge in [0, 0.05) is 23.5 Å². The molecule has 2 N–H and O–H groups in total. The van der Waals surface area contributed by atoms with Crippen LogP contribution in [-0.4, -0.2) is 33.5 Å². The highest BCUT2D eigenvalue weighted by Crippen LogP contribution is 2.15. The molecule has 2 aromatic carbocycles. The van der Waals surface area contributed by atoms with Crippen LogP contribution in [0.2, 0.25) is 0 Å². The fraction of sp³-hybridized carbons (Fsp3) is 0. The molecule has 0 spiro atoms. The van der Waals surface area contributed by atoms with Crippen LogP contribution in [0.3, 0.4) is 0 Å². The third-order valence-corrected chi connectivity index (χ3v) is 4.81. The van der Waals surface area contributed by atoms with Gasteiger partial charge in [0.15, 0.2) is 0 Å². The van der Waals surface area contributed by atoms with Crippen LogP contribution in [-0.2, 0) is 9.47 Å². The Balaban J connectivity index is 1.35. The second-order valence-corrected chi connectivity index (χ2v) is 7.15. The fourth-order valence-corrected chi connectivity index (χ4v) is 3.12. The van der Waals surface area contributed by atoms with Crippen molar-refractivity contribution in [1.29, 1.82) is 0 Å². The Hall–Kier alpha value is -4.98. The highest BCUT2D eigenvalue weighted by Gasteiger charge is 2.20. The first-order valence-corrected chi connectivity index (χ1v) is 10.1. The molecule has 34 heavy (non-hydrogen) atoms. The lowest BCUT2D eigenvalue weighted by molar-refractivity contribution is 0.0241. The second-order valence-electron chi connectivity index (χ2n) is 7.15. The SMILES string of the molecule is C=C(OC(=O)c1c[nH]c(C(=O)c2ccccc2)c1)OC(=O)c1c[nH]c(C(=O)c2ccccc2)c1. The average molecular weight is 454 g/mol. The summed E-state index contributed by atoms with van der Waals surface area (Å²) in [5.41, 5.74) is 1.41. The molecule has 2 aromatic heterocycles. The van der Waals surface area contributed by atoms with Crippen molar-refractivity contribution in [3.05, 3.63) is 131 Å². The van der Waals surface area contributed by atoms with Gasteiger partial charge in [-0.25, -0.2) is 9.59 Å². The predicted molar refractivity (Wildman–Crippen MR) is 121 cm³/mol. The van der Waals surface area contributed by atoms with Crippen LogP contribution < -0.4 is 0 Å². The van der Waals surface area contributed by atoms with E-state index < -0.39 is 17.9 Å². The standard InChI is InChI=1S/C26H18N2O6/c1-16(33-25(31)19-12-21(27-14-19)23(29)17-8-4-2-5-9-17)34-26(32)20-13-22(28-15-20)24(30)18-10-6-3-7-11-18/h2-15,27-28H,1H2. The third-order valence-electron chi connectivity index (χ3n) is 4.81. The van der Waals surface area contributed by atoms with Crippen molar-refractivity contribution in [3.8, 4) is 0 Å². The smallest absolute Gasteiger partial charge is 0.347 e. The number of ketones is 2. The van der Waals surface area contributed by atoms with Gasteiger partial charge in [0.1, 0.15) is 0 Å². The molecule has 168 valence electrons. The Labute approximate surface area is 193 Å². The summed E-state index contributed by atoms with van der Waals surface area (Å²) in [6.07, 6.45) is 2.61. The molecule has 0 aliphatic carbocycles. The van der Waals surface area contributed by atoms with E-state index in [1.54, 1.807) is 60.7 Å². The number of rotatable bonds is 8. The van der Waals surface area contributed by atoms with Crippen molar-refractivity contribution < 1.29 is 28.7 Å². The van der Waals surface area contributed by atoms with Crippen LogP contribution in [0, 0.1) is 0 Å². The number of benzene rings is 2. The number of ether oxygens (including phenoxy) is 2. The maximum atomic E-state index is 12.5. The normalized spacial score (nSPS) is 10.4. The van der Waals surface area contributed by atoms with E-state index in [-0.39, 0.29) is 34.1 Å². The summed E-state index contributed by atoms with van der Waals surface area (Å²) in [4.78, 5) is 55.0. The molecule has 0 radical (unpaired) electrons. The highest BCUT2D eigenvalue weighted by molar-refractivity contribution is 6.09. The third kappa shape index (κ3) is 4.91. The fourth-order valence-electron chi connectivity index (χ4n) is 3.12. The number of hydrogen-bond acceptors (Lipinski definition) is 6. The van der Waals surface area contributed by atoms with Gasteiger partial charge in [-0.3, -0.25) is 9.59 Å². The number of carbonyl (C=O) groups is 4. The monoisotopic (exact) mass is 454 g/mol. The molecule has 0 bridgehead atoms. The van der Waals surface area contributed by atoms with Crippen molar-refractivity contribution in [2.75, 3.05) is 0 Å². The number of esters is 2. The lowest BCUT2D eigenvalue weighted by Gasteiger charge is -2.06. The van der Waals surface area contributed by atoms with Crippen molar-refractivity contribution in [2.24, 2.45) is 0 Å². The lowest BCUT2D eigenvalue weighted by atomic mass is 10.1. The Morgan fingerprint density at radius 2 is 0.971 bits per heavy atom. The van der Waals surface area contributed by atoms with Gasteiger partial charge in [0.25, 0.3) is 5.95 Å². The van der Waals surface area contributed by atoms with Crippen molar-refractivity contribution in [1.82, 2.24) is 9.97 Å². The topological polar surface area (TPSA) is 118 Å². The van der Waals surface area contributed by atoms with Crippen LogP contribution in [0.4, 0.5) is 0 Å². The quantitative estimate of drug-likeness (QED) is 0.233. The summed E-state index contributed by atoms with van der Waals surface area (Å²) in [6.45, 7) is 3.42. The van der Waals surface area contributed by atoms with Gasteiger partial charge >= 0.3 is 11.9 Å². The first kappa shape index (κ1) is 22.2. The molecule has 0 atom stereocenters. The Morgan fingerprint density at radius 3 is 1.35 bits per heavy atom. The minimum atomic E-state index is -0.866. The molecule has 2 heterocycles. The number of aromatic amines is 2. The first-order valence-electron chi connectivity index (χ1n) is 10.1. The van der Waals surface area contributed by atoms with Gasteiger partial charge in [0.05, 0.1) is 22.5 Å². The predicted octanol–water partition coefficient (Wildman–Crippen LogP) is 4.29. The van der Waals surface area contributed by atoms with E-state index in [0.717, 1.165) is 0 Å². The van der Waals surface area contributed by atoms with E-state index in [2.05, 4.69) is 16.5 Å². The summed E-state index contributed by atoms with van der Waals surface area (Å²) < 4.78 is 9.93. The number of carbonyl (C=O) groups excluding carboxylic acids is 4. The van der Waals surface area contributed by atoms with Crippen molar-refractivity contribution in [2.45, 2.75) is 0 Å². The van der Waals surface area contributed by atoms with E-state index in [0.29, 0.717) is 11.1 Å². The minimum absolute atomic E-state index is 0.0499. The summed E-state index contributed by atoms with van der Waals surface area (Å²) in [5, 5.41) is 0. The zero-order valence-corrected chi connectivity index (χ0v) is 17.7. The molecule has 0 unspecified atom stereocenters. The maximum Gasteiger partial charge on any atom is 0.347 e. The zero-order chi connectivity index (χ0) is 24.1. The summed E-state index contributed by atoms with van der Waals surface area (Å²) >= 11 is 0. The van der Waals surface area contributed by atoms with E-state index in [4.69, 9.17) is 9.47 Å². The van der Waals surface area contributed by atoms with Gasteiger partial charge < -0.3 is 19.4 Å². The van der Waals surface area contributed by atoms with Crippen LogP contribution in [0.25, 0.3) is 0 Å². The average Bonchev–Trinajstić information content (AvgIpc) is 3.55. The van der Waals surface area contributed by atoms with Gasteiger partial charge in [-0.15, -0.1) is 0 Å². The molecular weight excluding hydrogens is 436 g/mol. The minimum Gasteiger partial charge on any atom is -0.389 e. The maximum absolute atomic E-state index is 12.5. The van der Waals surface area contributed by atoms with E-state index in [9.17, 15) is 19.2 Å². The number of hydrogen-bond donors (Lipinski definition) is 2. The zero-order valence-electron chi connectivity index (χ0n) is 17.7. The summed E-state index contributed by atoms with van der Waals surface area (Å²) in [5.74, 6) is -2.87. The molecule has 0 aliphatic rings. The van der Waals surface area contributed by atoms with Crippen LogP contribution in [0.1, 0.15) is 52.8 Å². The van der Waals surface area contributed by atoms with Crippen molar-refractivity contribution in [3.63, 3.8) is 0 Å². The molecule has 0 amide bonds. The number of aromatic nitrogens is 2. The molecule has 0 saturated carbocycles. The molecule has 8 nitrogen and oxygen atoms in total. The van der Waals surface area contributed by atoms with E-state index >= 15 is 0 Å². The molecule has 0 aliphatic heterocycles. The molecule has 0 fully saturated rings. The van der Waals surface area contributed by atoms with Gasteiger partial charge in [-0.05, 0) is 18.7 Å². The molecular formula is C26H18N2O6. The van der Waals surface area contributed by atoms with Gasteiger partial charge in [0.2, 0.25) is 11.6 Å². The van der Waals surface area contributed by atoms with Gasteiger partial charge in [-0.2, -0.15) is 0 Å². The van der Waals surface area contributed by atoms with E-state index in [1.807, 2.05) is 0 Å². The summed E-state index contributed by atoms with van der Waals surface area (Å²) in [6, 6.07) is 19.8. The number of H-pyrrole nitrogens is 2. The number of nitrogens with one attached hydrogen (secondary N) is 2.